The number of hydrogen-bond acceptors (Lipinski definition) is 3. The van der Waals surface area contributed by atoms with Crippen molar-refractivity contribution in [2.75, 3.05) is 11.9 Å². The highest BCUT2D eigenvalue weighted by molar-refractivity contribution is 6.26. The standard InChI is InChI=1S/C23H27NO3/c1-4-5-15-27-20-13-11-19(12-14-20)24-23(26)21(22(25)17(2)3)16-18-9-7-6-8-10-18/h6-14,16-17H,4-5,15H2,1-3H3,(H,24,26)/b21-16+. The fraction of sp³-hybridized carbons (Fsp3) is 0.304. The summed E-state index contributed by atoms with van der Waals surface area (Å²) in [7, 11) is 0. The van der Waals surface area contributed by atoms with Crippen LogP contribution in [0.1, 0.15) is 39.2 Å². The Kier molecular flexibility index (Phi) is 7.80. The Labute approximate surface area is 161 Å². The number of Topliss-reactive ketones (excluding diaryl/α,β-unsaturated/α-hetero) is 1. The molecule has 0 spiro atoms. The minimum absolute atomic E-state index is 0.152. The summed E-state index contributed by atoms with van der Waals surface area (Å²) in [5, 5.41) is 2.81. The second-order valence-electron chi connectivity index (χ2n) is 6.67. The SMILES string of the molecule is CCCCOc1ccc(NC(=O)/C(=C/c2ccccc2)C(=O)C(C)C)cc1. The van der Waals surface area contributed by atoms with Gasteiger partial charge in [-0.15, -0.1) is 0 Å². The summed E-state index contributed by atoms with van der Waals surface area (Å²) in [6.45, 7) is 6.36. The van der Waals surface area contributed by atoms with Crippen molar-refractivity contribution in [2.24, 2.45) is 5.92 Å². The molecule has 27 heavy (non-hydrogen) atoms. The Bertz CT molecular complexity index is 777. The van der Waals surface area contributed by atoms with E-state index in [9.17, 15) is 9.59 Å². The lowest BCUT2D eigenvalue weighted by molar-refractivity contribution is -0.121. The van der Waals surface area contributed by atoms with Gasteiger partial charge < -0.3 is 10.1 Å². The number of carbonyl (C=O) groups is 2. The Morgan fingerprint density at radius 2 is 1.70 bits per heavy atom. The number of rotatable bonds is 9. The van der Waals surface area contributed by atoms with Gasteiger partial charge in [0, 0.05) is 11.6 Å². The molecular formula is C23H27NO3. The van der Waals surface area contributed by atoms with Crippen LogP contribution in [0.4, 0.5) is 5.69 Å². The quantitative estimate of drug-likeness (QED) is 0.291. The number of amides is 1. The molecule has 2 aromatic carbocycles. The molecule has 0 fully saturated rings. The van der Waals surface area contributed by atoms with Crippen LogP contribution in [-0.2, 0) is 9.59 Å². The average molecular weight is 365 g/mol. The van der Waals surface area contributed by atoms with E-state index in [0.29, 0.717) is 12.3 Å². The molecular weight excluding hydrogens is 338 g/mol. The van der Waals surface area contributed by atoms with Gasteiger partial charge in [-0.05, 0) is 42.3 Å². The van der Waals surface area contributed by atoms with E-state index in [4.69, 9.17) is 4.74 Å². The summed E-state index contributed by atoms with van der Waals surface area (Å²) >= 11 is 0. The molecule has 2 rings (SSSR count). The van der Waals surface area contributed by atoms with E-state index in [0.717, 1.165) is 24.2 Å². The van der Waals surface area contributed by atoms with E-state index in [-0.39, 0.29) is 17.3 Å². The Morgan fingerprint density at radius 1 is 1.04 bits per heavy atom. The monoisotopic (exact) mass is 365 g/mol. The molecule has 142 valence electrons. The topological polar surface area (TPSA) is 55.4 Å². The first kappa shape index (κ1) is 20.4. The van der Waals surface area contributed by atoms with Crippen LogP contribution in [0, 0.1) is 5.92 Å². The van der Waals surface area contributed by atoms with Crippen molar-refractivity contribution in [3.63, 3.8) is 0 Å². The van der Waals surface area contributed by atoms with Gasteiger partial charge in [0.05, 0.1) is 12.2 Å². The van der Waals surface area contributed by atoms with Crippen molar-refractivity contribution >= 4 is 23.5 Å². The number of ketones is 1. The molecule has 1 amide bonds. The molecule has 4 heteroatoms. The summed E-state index contributed by atoms with van der Waals surface area (Å²) in [5.41, 5.74) is 1.59. The molecule has 0 radical (unpaired) electrons. The average Bonchev–Trinajstić information content (AvgIpc) is 2.68. The van der Waals surface area contributed by atoms with E-state index in [2.05, 4.69) is 12.2 Å². The van der Waals surface area contributed by atoms with Gasteiger partial charge in [-0.3, -0.25) is 9.59 Å². The van der Waals surface area contributed by atoms with Gasteiger partial charge in [0.1, 0.15) is 5.75 Å². The highest BCUT2D eigenvalue weighted by atomic mass is 16.5. The number of anilines is 1. The molecule has 0 heterocycles. The van der Waals surface area contributed by atoms with Crippen LogP contribution in [0.5, 0.6) is 5.75 Å². The van der Waals surface area contributed by atoms with Crippen molar-refractivity contribution in [2.45, 2.75) is 33.6 Å². The van der Waals surface area contributed by atoms with E-state index < -0.39 is 5.91 Å². The number of hydrogen-bond donors (Lipinski definition) is 1. The van der Waals surface area contributed by atoms with E-state index in [1.165, 1.54) is 0 Å². The third-order valence-corrected chi connectivity index (χ3v) is 4.02. The summed E-state index contributed by atoms with van der Waals surface area (Å²) in [5.74, 6) is -0.0899. The first-order chi connectivity index (χ1) is 13.0. The third kappa shape index (κ3) is 6.41. The normalized spacial score (nSPS) is 11.3. The first-order valence-electron chi connectivity index (χ1n) is 9.36. The first-order valence-corrected chi connectivity index (χ1v) is 9.36. The molecule has 0 aromatic heterocycles. The van der Waals surface area contributed by atoms with Crippen LogP contribution in [0.25, 0.3) is 6.08 Å². The van der Waals surface area contributed by atoms with Crippen molar-refractivity contribution in [1.29, 1.82) is 0 Å². The van der Waals surface area contributed by atoms with Crippen molar-refractivity contribution < 1.29 is 14.3 Å². The molecule has 2 aromatic rings. The number of benzene rings is 2. The highest BCUT2D eigenvalue weighted by Crippen LogP contribution is 2.19. The van der Waals surface area contributed by atoms with E-state index >= 15 is 0 Å². The van der Waals surface area contributed by atoms with Crippen LogP contribution in [0.15, 0.2) is 60.2 Å². The number of nitrogens with one attached hydrogen (secondary N) is 1. The molecule has 0 bridgehead atoms. The zero-order chi connectivity index (χ0) is 19.6. The predicted octanol–water partition coefficient (Wildman–Crippen LogP) is 5.11. The van der Waals surface area contributed by atoms with E-state index in [1.807, 2.05) is 42.5 Å². The summed E-state index contributed by atoms with van der Waals surface area (Å²) < 4.78 is 5.62. The lowest BCUT2D eigenvalue weighted by atomic mass is 9.98. The lowest BCUT2D eigenvalue weighted by Crippen LogP contribution is -2.23. The Morgan fingerprint density at radius 3 is 2.30 bits per heavy atom. The molecule has 0 saturated heterocycles. The maximum atomic E-state index is 12.7. The van der Waals surface area contributed by atoms with Crippen LogP contribution in [0.3, 0.4) is 0 Å². The fourth-order valence-electron chi connectivity index (χ4n) is 2.44. The van der Waals surface area contributed by atoms with Gasteiger partial charge in [0.25, 0.3) is 5.91 Å². The molecule has 0 atom stereocenters. The second-order valence-corrected chi connectivity index (χ2v) is 6.67. The van der Waals surface area contributed by atoms with Crippen molar-refractivity contribution in [3.05, 3.63) is 65.7 Å². The smallest absolute Gasteiger partial charge is 0.259 e. The van der Waals surface area contributed by atoms with Crippen LogP contribution < -0.4 is 10.1 Å². The molecule has 1 N–H and O–H groups in total. The predicted molar refractivity (Wildman–Crippen MR) is 110 cm³/mol. The number of carbonyl (C=O) groups excluding carboxylic acids is 2. The minimum Gasteiger partial charge on any atom is -0.494 e. The van der Waals surface area contributed by atoms with Crippen LogP contribution in [0.2, 0.25) is 0 Å². The molecule has 0 unspecified atom stereocenters. The van der Waals surface area contributed by atoms with Crippen LogP contribution >= 0.6 is 0 Å². The Hall–Kier alpha value is -2.88. The van der Waals surface area contributed by atoms with Gasteiger partial charge in [-0.25, -0.2) is 0 Å². The lowest BCUT2D eigenvalue weighted by Gasteiger charge is -2.11. The van der Waals surface area contributed by atoms with Crippen molar-refractivity contribution in [3.8, 4) is 5.75 Å². The summed E-state index contributed by atoms with van der Waals surface area (Å²) in [6, 6.07) is 16.6. The maximum absolute atomic E-state index is 12.7. The number of ether oxygens (including phenoxy) is 1. The maximum Gasteiger partial charge on any atom is 0.259 e. The third-order valence-electron chi connectivity index (χ3n) is 4.02. The molecule has 0 saturated carbocycles. The highest BCUT2D eigenvalue weighted by Gasteiger charge is 2.21. The minimum atomic E-state index is -0.405. The van der Waals surface area contributed by atoms with Gasteiger partial charge in [-0.2, -0.15) is 0 Å². The summed E-state index contributed by atoms with van der Waals surface area (Å²) in [6.07, 6.45) is 3.72. The second kappa shape index (κ2) is 10.3. The van der Waals surface area contributed by atoms with Gasteiger partial charge in [0.2, 0.25) is 0 Å². The largest absolute Gasteiger partial charge is 0.494 e. The zero-order valence-corrected chi connectivity index (χ0v) is 16.2. The zero-order valence-electron chi connectivity index (χ0n) is 16.2. The summed E-state index contributed by atoms with van der Waals surface area (Å²) in [4.78, 5) is 25.3. The molecule has 0 aliphatic rings. The van der Waals surface area contributed by atoms with Gasteiger partial charge in [0.15, 0.2) is 5.78 Å². The molecule has 0 aliphatic heterocycles. The van der Waals surface area contributed by atoms with Crippen LogP contribution in [-0.4, -0.2) is 18.3 Å². The molecule has 0 aliphatic carbocycles. The number of unbranched alkanes of at least 4 members (excludes halogenated alkanes) is 1. The van der Waals surface area contributed by atoms with Gasteiger partial charge in [-0.1, -0.05) is 57.5 Å². The van der Waals surface area contributed by atoms with Gasteiger partial charge >= 0.3 is 0 Å². The van der Waals surface area contributed by atoms with Crippen molar-refractivity contribution in [1.82, 2.24) is 0 Å². The Balaban J connectivity index is 2.14. The fourth-order valence-corrected chi connectivity index (χ4v) is 2.44. The van der Waals surface area contributed by atoms with E-state index in [1.54, 1.807) is 32.1 Å². The molecule has 4 nitrogen and oxygen atoms in total.